The van der Waals surface area contributed by atoms with E-state index in [1.165, 1.54) is 0 Å². The monoisotopic (exact) mass is 243 g/mol. The third-order valence-electron chi connectivity index (χ3n) is 1.99. The minimum Gasteiger partial charge on any atom is -0.444 e. The fourth-order valence-corrected chi connectivity index (χ4v) is 1.12. The molecular weight excluding hydrogens is 222 g/mol. The molecule has 0 radical (unpaired) electrons. The maximum absolute atomic E-state index is 11.2. The minimum atomic E-state index is -0.499. The van der Waals surface area contributed by atoms with Crippen molar-refractivity contribution < 1.29 is 14.3 Å². The first-order valence-electron chi connectivity index (χ1n) is 5.88. The molecule has 17 heavy (non-hydrogen) atoms. The van der Waals surface area contributed by atoms with Gasteiger partial charge in [0.15, 0.2) is 0 Å². The van der Waals surface area contributed by atoms with Crippen LogP contribution in [0.25, 0.3) is 0 Å². The zero-order chi connectivity index (χ0) is 12.9. The Kier molecular flexibility index (Phi) is 4.60. The van der Waals surface area contributed by atoms with Gasteiger partial charge in [0, 0.05) is 19.1 Å². The molecule has 6 heteroatoms. The topological polar surface area (TPSA) is 79.5 Å². The molecule has 1 rings (SSSR count). The summed E-state index contributed by atoms with van der Waals surface area (Å²) < 4.78 is 5.04. The summed E-state index contributed by atoms with van der Waals surface area (Å²) in [4.78, 5) is 22.4. The number of alkyl carbamates (subject to hydrolysis) is 1. The lowest BCUT2D eigenvalue weighted by Crippen LogP contribution is -2.42. The predicted octanol–water partition coefficient (Wildman–Crippen LogP) is 0.973. The normalized spacial score (nSPS) is 15.0. The first-order valence-corrected chi connectivity index (χ1v) is 5.88. The largest absolute Gasteiger partial charge is 0.444 e. The SMILES string of the molecule is CC(C)(C)OC(=O)NCCNC(=O)NC1CC1. The Balaban J connectivity index is 1.99. The van der Waals surface area contributed by atoms with E-state index in [2.05, 4.69) is 16.0 Å². The van der Waals surface area contributed by atoms with Crippen molar-refractivity contribution in [2.24, 2.45) is 0 Å². The van der Waals surface area contributed by atoms with E-state index in [9.17, 15) is 9.59 Å². The molecule has 6 nitrogen and oxygen atoms in total. The number of ether oxygens (including phenoxy) is 1. The molecule has 3 amide bonds. The molecule has 0 aromatic rings. The highest BCUT2D eigenvalue weighted by molar-refractivity contribution is 5.74. The summed E-state index contributed by atoms with van der Waals surface area (Å²) in [5.41, 5.74) is -0.499. The second-order valence-corrected chi connectivity index (χ2v) is 5.10. The Morgan fingerprint density at radius 3 is 2.29 bits per heavy atom. The Labute approximate surface area is 101 Å². The minimum absolute atomic E-state index is 0.182. The molecule has 0 heterocycles. The molecule has 0 spiro atoms. The van der Waals surface area contributed by atoms with Gasteiger partial charge in [0.25, 0.3) is 0 Å². The Hall–Kier alpha value is -1.46. The Morgan fingerprint density at radius 2 is 1.76 bits per heavy atom. The number of hydrogen-bond acceptors (Lipinski definition) is 3. The summed E-state index contributed by atoms with van der Waals surface area (Å²) in [6.45, 7) is 6.14. The molecule has 1 aliphatic rings. The lowest BCUT2D eigenvalue weighted by atomic mass is 10.2. The van der Waals surface area contributed by atoms with Crippen LogP contribution in [0, 0.1) is 0 Å². The summed E-state index contributed by atoms with van der Waals surface area (Å²) in [5.74, 6) is 0. The lowest BCUT2D eigenvalue weighted by Gasteiger charge is -2.19. The van der Waals surface area contributed by atoms with Gasteiger partial charge in [-0.25, -0.2) is 9.59 Å². The van der Waals surface area contributed by atoms with Crippen LogP contribution >= 0.6 is 0 Å². The zero-order valence-electron chi connectivity index (χ0n) is 10.6. The molecule has 3 N–H and O–H groups in total. The van der Waals surface area contributed by atoms with E-state index in [1.807, 2.05) is 0 Å². The van der Waals surface area contributed by atoms with Gasteiger partial charge in [-0.3, -0.25) is 0 Å². The number of nitrogens with one attached hydrogen (secondary N) is 3. The molecule has 0 atom stereocenters. The number of hydrogen-bond donors (Lipinski definition) is 3. The lowest BCUT2D eigenvalue weighted by molar-refractivity contribution is 0.0528. The van der Waals surface area contributed by atoms with E-state index in [4.69, 9.17) is 4.74 Å². The van der Waals surface area contributed by atoms with Gasteiger partial charge in [-0.15, -0.1) is 0 Å². The van der Waals surface area contributed by atoms with E-state index < -0.39 is 11.7 Å². The third-order valence-corrected chi connectivity index (χ3v) is 1.99. The van der Waals surface area contributed by atoms with Gasteiger partial charge in [0.2, 0.25) is 0 Å². The molecular formula is C11H21N3O3. The number of urea groups is 1. The van der Waals surface area contributed by atoms with Crippen LogP contribution in [0.5, 0.6) is 0 Å². The van der Waals surface area contributed by atoms with Crippen molar-refractivity contribution in [2.45, 2.75) is 45.3 Å². The highest BCUT2D eigenvalue weighted by Crippen LogP contribution is 2.18. The van der Waals surface area contributed by atoms with Crippen molar-refractivity contribution in [3.05, 3.63) is 0 Å². The summed E-state index contributed by atoms with van der Waals surface area (Å²) in [6.07, 6.45) is 1.65. The summed E-state index contributed by atoms with van der Waals surface area (Å²) in [7, 11) is 0. The molecule has 0 unspecified atom stereocenters. The van der Waals surface area contributed by atoms with E-state index in [1.54, 1.807) is 20.8 Å². The van der Waals surface area contributed by atoms with Crippen LogP contribution in [-0.4, -0.2) is 36.9 Å². The maximum Gasteiger partial charge on any atom is 0.407 e. The van der Waals surface area contributed by atoms with Gasteiger partial charge in [-0.2, -0.15) is 0 Å². The number of carbonyl (C=O) groups is 2. The van der Waals surface area contributed by atoms with Gasteiger partial charge in [0.1, 0.15) is 5.60 Å². The van der Waals surface area contributed by atoms with Crippen LogP contribution in [0.3, 0.4) is 0 Å². The van der Waals surface area contributed by atoms with Crippen molar-refractivity contribution in [2.75, 3.05) is 13.1 Å². The Morgan fingerprint density at radius 1 is 1.18 bits per heavy atom. The van der Waals surface area contributed by atoms with Gasteiger partial charge in [-0.05, 0) is 33.6 Å². The van der Waals surface area contributed by atoms with Crippen molar-refractivity contribution in [1.29, 1.82) is 0 Å². The molecule has 1 saturated carbocycles. The number of rotatable bonds is 4. The smallest absolute Gasteiger partial charge is 0.407 e. The molecule has 0 aromatic carbocycles. The fraction of sp³-hybridized carbons (Fsp3) is 0.818. The second-order valence-electron chi connectivity index (χ2n) is 5.10. The maximum atomic E-state index is 11.2. The molecule has 0 bridgehead atoms. The summed E-state index contributed by atoms with van der Waals surface area (Å²) in [5, 5.41) is 8.00. The summed E-state index contributed by atoms with van der Waals surface area (Å²) in [6, 6.07) is 0.160. The third kappa shape index (κ3) is 7.43. The van der Waals surface area contributed by atoms with Crippen LogP contribution in [0.2, 0.25) is 0 Å². The molecule has 0 aliphatic heterocycles. The van der Waals surface area contributed by atoms with E-state index in [0.29, 0.717) is 19.1 Å². The first kappa shape index (κ1) is 13.6. The van der Waals surface area contributed by atoms with Gasteiger partial charge in [-0.1, -0.05) is 0 Å². The van der Waals surface area contributed by atoms with Crippen LogP contribution in [-0.2, 0) is 4.74 Å². The Bertz CT molecular complexity index is 282. The quantitative estimate of drug-likeness (QED) is 0.644. The van der Waals surface area contributed by atoms with E-state index >= 15 is 0 Å². The van der Waals surface area contributed by atoms with Crippen molar-refractivity contribution >= 4 is 12.1 Å². The molecule has 98 valence electrons. The average molecular weight is 243 g/mol. The highest BCUT2D eigenvalue weighted by atomic mass is 16.6. The fourth-order valence-electron chi connectivity index (χ4n) is 1.12. The van der Waals surface area contributed by atoms with Crippen LogP contribution in [0.4, 0.5) is 9.59 Å². The number of amides is 3. The standard InChI is InChI=1S/C11H21N3O3/c1-11(2,3)17-10(16)13-7-6-12-9(15)14-8-4-5-8/h8H,4-7H2,1-3H3,(H,13,16)(H2,12,14,15). The highest BCUT2D eigenvalue weighted by Gasteiger charge is 2.22. The second kappa shape index (κ2) is 5.75. The number of carbonyl (C=O) groups excluding carboxylic acids is 2. The van der Waals surface area contributed by atoms with Gasteiger partial charge < -0.3 is 20.7 Å². The zero-order valence-corrected chi connectivity index (χ0v) is 10.6. The molecule has 0 saturated heterocycles. The molecule has 1 aliphatic carbocycles. The first-order chi connectivity index (χ1) is 7.87. The van der Waals surface area contributed by atoms with Crippen LogP contribution in [0.15, 0.2) is 0 Å². The van der Waals surface area contributed by atoms with Gasteiger partial charge in [0.05, 0.1) is 0 Å². The van der Waals surface area contributed by atoms with E-state index in [-0.39, 0.29) is 6.03 Å². The van der Waals surface area contributed by atoms with Crippen molar-refractivity contribution in [3.8, 4) is 0 Å². The van der Waals surface area contributed by atoms with E-state index in [0.717, 1.165) is 12.8 Å². The molecule has 1 fully saturated rings. The average Bonchev–Trinajstić information content (AvgIpc) is 2.93. The predicted molar refractivity (Wildman–Crippen MR) is 63.8 cm³/mol. The van der Waals surface area contributed by atoms with Crippen molar-refractivity contribution in [3.63, 3.8) is 0 Å². The van der Waals surface area contributed by atoms with Gasteiger partial charge >= 0.3 is 12.1 Å². The molecule has 0 aromatic heterocycles. The van der Waals surface area contributed by atoms with Crippen LogP contribution < -0.4 is 16.0 Å². The van der Waals surface area contributed by atoms with Crippen molar-refractivity contribution in [1.82, 2.24) is 16.0 Å². The summed E-state index contributed by atoms with van der Waals surface area (Å²) >= 11 is 0. The van der Waals surface area contributed by atoms with Crippen LogP contribution in [0.1, 0.15) is 33.6 Å².